The molecule has 254 valence electrons. The Bertz CT molecular complexity index is 3040. The highest BCUT2D eigenvalue weighted by atomic mass is 14.4. The van der Waals surface area contributed by atoms with Crippen LogP contribution < -0.4 is 0 Å². The molecular weight excluding hydrogens is 649 g/mol. The molecule has 2 aliphatic rings. The maximum absolute atomic E-state index is 2.46. The van der Waals surface area contributed by atoms with Crippen molar-refractivity contribution in [1.29, 1.82) is 0 Å². The predicted molar refractivity (Wildman–Crippen MR) is 231 cm³/mol. The first-order chi connectivity index (χ1) is 26.3. The van der Waals surface area contributed by atoms with Crippen LogP contribution in [0, 0.1) is 0 Å². The summed E-state index contributed by atoms with van der Waals surface area (Å²) in [4.78, 5) is 0. The third-order valence-corrected chi connectivity index (χ3v) is 13.4. The van der Waals surface area contributed by atoms with Crippen LogP contribution in [0.2, 0.25) is 0 Å². The van der Waals surface area contributed by atoms with E-state index in [0.717, 1.165) is 0 Å². The summed E-state index contributed by atoms with van der Waals surface area (Å²) < 4.78 is 0. The van der Waals surface area contributed by atoms with Crippen molar-refractivity contribution >= 4 is 53.9 Å². The van der Waals surface area contributed by atoms with Crippen LogP contribution in [0.25, 0.3) is 98.4 Å². The standard InChI is InChI=1S/C54H38/c1-53(2)47-27-19-35(29-45(47)43-25-13-31-9-5-7-11-39(31)51(43)53)37-21-15-33-18-24-42-38(22-16-34-17-23-41(37)49(33)50(34)42)36-20-28-48-46(30-36)44-26-14-32-10-6-8-12-40(32)52(44)54(48,3)4/h5-30H,1-4H3. The Morgan fingerprint density at radius 1 is 0.296 bits per heavy atom. The molecule has 2 aliphatic carbocycles. The van der Waals surface area contributed by atoms with Crippen molar-refractivity contribution in [2.24, 2.45) is 0 Å². The highest BCUT2D eigenvalue weighted by Gasteiger charge is 2.38. The molecule has 54 heavy (non-hydrogen) atoms. The van der Waals surface area contributed by atoms with E-state index in [1.165, 1.54) is 121 Å². The fourth-order valence-electron chi connectivity index (χ4n) is 10.9. The summed E-state index contributed by atoms with van der Waals surface area (Å²) in [5.74, 6) is 0. The van der Waals surface area contributed by atoms with E-state index in [1.54, 1.807) is 0 Å². The van der Waals surface area contributed by atoms with Gasteiger partial charge in [-0.05, 0) is 133 Å². The van der Waals surface area contributed by atoms with Gasteiger partial charge >= 0.3 is 0 Å². The van der Waals surface area contributed by atoms with Crippen molar-refractivity contribution < 1.29 is 0 Å². The molecular formula is C54H38. The van der Waals surface area contributed by atoms with Crippen molar-refractivity contribution in [3.8, 4) is 44.5 Å². The zero-order valence-electron chi connectivity index (χ0n) is 31.0. The van der Waals surface area contributed by atoms with E-state index in [9.17, 15) is 0 Å². The first-order valence-electron chi connectivity index (χ1n) is 19.3. The lowest BCUT2D eigenvalue weighted by molar-refractivity contribution is 0.666. The normalized spacial score (nSPS) is 15.0. The lowest BCUT2D eigenvalue weighted by Gasteiger charge is -2.23. The van der Waals surface area contributed by atoms with Crippen molar-refractivity contribution in [3.63, 3.8) is 0 Å². The molecule has 10 aromatic rings. The minimum absolute atomic E-state index is 0.0632. The van der Waals surface area contributed by atoms with E-state index in [0.29, 0.717) is 0 Å². The summed E-state index contributed by atoms with van der Waals surface area (Å²) in [5.41, 5.74) is 16.2. The minimum Gasteiger partial charge on any atom is -0.0616 e. The molecule has 0 bridgehead atoms. The van der Waals surface area contributed by atoms with Gasteiger partial charge in [0.1, 0.15) is 0 Å². The summed E-state index contributed by atoms with van der Waals surface area (Å²) >= 11 is 0. The van der Waals surface area contributed by atoms with Crippen LogP contribution in [0.4, 0.5) is 0 Å². The first kappa shape index (κ1) is 30.2. The summed E-state index contributed by atoms with van der Waals surface area (Å²) in [5, 5.41) is 13.3. The Labute approximate surface area is 315 Å². The number of hydrogen-bond donors (Lipinski definition) is 0. The molecule has 0 radical (unpaired) electrons. The molecule has 0 N–H and O–H groups in total. The Morgan fingerprint density at radius 2 is 0.685 bits per heavy atom. The van der Waals surface area contributed by atoms with E-state index < -0.39 is 0 Å². The summed E-state index contributed by atoms with van der Waals surface area (Å²) in [6, 6.07) is 60.2. The van der Waals surface area contributed by atoms with E-state index in [-0.39, 0.29) is 10.8 Å². The predicted octanol–water partition coefficient (Wildman–Crippen LogP) is 14.8. The highest BCUT2D eigenvalue weighted by molar-refractivity contribution is 6.27. The van der Waals surface area contributed by atoms with Gasteiger partial charge in [0.15, 0.2) is 0 Å². The van der Waals surface area contributed by atoms with Crippen LogP contribution in [-0.2, 0) is 10.8 Å². The third-order valence-electron chi connectivity index (χ3n) is 13.4. The Balaban J connectivity index is 1.04. The van der Waals surface area contributed by atoms with Gasteiger partial charge in [-0.1, -0.05) is 173 Å². The van der Waals surface area contributed by atoms with Crippen LogP contribution >= 0.6 is 0 Å². The van der Waals surface area contributed by atoms with Crippen LogP contribution in [0.15, 0.2) is 158 Å². The molecule has 0 saturated carbocycles. The highest BCUT2D eigenvalue weighted by Crippen LogP contribution is 2.54. The molecule has 0 unspecified atom stereocenters. The van der Waals surface area contributed by atoms with E-state index in [4.69, 9.17) is 0 Å². The van der Waals surface area contributed by atoms with E-state index in [2.05, 4.69) is 185 Å². The molecule has 0 aliphatic heterocycles. The van der Waals surface area contributed by atoms with Crippen LogP contribution in [0.5, 0.6) is 0 Å². The number of fused-ring (bicyclic) bond motifs is 10. The summed E-state index contributed by atoms with van der Waals surface area (Å²) in [6.45, 7) is 9.56. The van der Waals surface area contributed by atoms with Gasteiger partial charge in [-0.2, -0.15) is 0 Å². The lowest BCUT2D eigenvalue weighted by atomic mass is 9.80. The zero-order valence-corrected chi connectivity index (χ0v) is 31.0. The second-order valence-electron chi connectivity index (χ2n) is 16.8. The Morgan fingerprint density at radius 3 is 1.15 bits per heavy atom. The van der Waals surface area contributed by atoms with Crippen molar-refractivity contribution in [3.05, 3.63) is 180 Å². The van der Waals surface area contributed by atoms with Gasteiger partial charge in [0, 0.05) is 10.8 Å². The minimum atomic E-state index is -0.0632. The molecule has 0 amide bonds. The van der Waals surface area contributed by atoms with Gasteiger partial charge in [-0.3, -0.25) is 0 Å². The third kappa shape index (κ3) is 3.78. The maximum Gasteiger partial charge on any atom is 0.0165 e. The molecule has 12 rings (SSSR count). The summed E-state index contributed by atoms with van der Waals surface area (Å²) in [6.07, 6.45) is 0. The molecule has 0 spiro atoms. The molecule has 0 saturated heterocycles. The average Bonchev–Trinajstić information content (AvgIpc) is 3.58. The molecule has 0 fully saturated rings. The Hall–Kier alpha value is -6.24. The maximum atomic E-state index is 2.46. The number of rotatable bonds is 2. The van der Waals surface area contributed by atoms with Crippen molar-refractivity contribution in [2.45, 2.75) is 38.5 Å². The van der Waals surface area contributed by atoms with Crippen LogP contribution in [0.3, 0.4) is 0 Å². The van der Waals surface area contributed by atoms with Gasteiger partial charge < -0.3 is 0 Å². The second-order valence-corrected chi connectivity index (χ2v) is 16.8. The van der Waals surface area contributed by atoms with Crippen molar-refractivity contribution in [2.75, 3.05) is 0 Å². The molecule has 0 heteroatoms. The Kier molecular flexibility index (Phi) is 5.74. The molecule has 0 nitrogen and oxygen atoms in total. The van der Waals surface area contributed by atoms with Crippen LogP contribution in [0.1, 0.15) is 49.9 Å². The second kappa shape index (κ2) is 10.2. The first-order valence-corrected chi connectivity index (χ1v) is 19.3. The monoisotopic (exact) mass is 686 g/mol. The van der Waals surface area contributed by atoms with Gasteiger partial charge in [0.2, 0.25) is 0 Å². The SMILES string of the molecule is CC1(C)c2ccc(-c3ccc4ccc5c(-c6ccc7c(c6)-c6ccc8ccccc8c6C7(C)C)ccc6ccc3c4c65)cc2-c2ccc3ccccc3c21. The average molecular weight is 687 g/mol. The van der Waals surface area contributed by atoms with Gasteiger partial charge in [0.25, 0.3) is 0 Å². The quantitative estimate of drug-likeness (QED) is 0.159. The lowest BCUT2D eigenvalue weighted by Crippen LogP contribution is -2.15. The van der Waals surface area contributed by atoms with E-state index >= 15 is 0 Å². The smallest absolute Gasteiger partial charge is 0.0165 e. The van der Waals surface area contributed by atoms with Crippen LogP contribution in [-0.4, -0.2) is 0 Å². The van der Waals surface area contributed by atoms with Gasteiger partial charge in [0.05, 0.1) is 0 Å². The molecule has 0 atom stereocenters. The molecule has 0 aromatic heterocycles. The van der Waals surface area contributed by atoms with E-state index in [1.807, 2.05) is 0 Å². The van der Waals surface area contributed by atoms with Gasteiger partial charge in [-0.15, -0.1) is 0 Å². The molecule has 10 aromatic carbocycles. The van der Waals surface area contributed by atoms with Crippen molar-refractivity contribution in [1.82, 2.24) is 0 Å². The zero-order chi connectivity index (χ0) is 36.1. The fourth-order valence-corrected chi connectivity index (χ4v) is 10.9. The summed E-state index contributed by atoms with van der Waals surface area (Å²) in [7, 11) is 0. The largest absolute Gasteiger partial charge is 0.0616 e. The fraction of sp³-hybridized carbons (Fsp3) is 0.111. The number of benzene rings is 10. The molecule has 0 heterocycles. The number of hydrogen-bond acceptors (Lipinski definition) is 0. The van der Waals surface area contributed by atoms with Gasteiger partial charge in [-0.25, -0.2) is 0 Å². The topological polar surface area (TPSA) is 0 Å².